The van der Waals surface area contributed by atoms with Gasteiger partial charge in [-0.1, -0.05) is 18.2 Å². The van der Waals surface area contributed by atoms with Gasteiger partial charge in [-0.25, -0.2) is 4.79 Å². The summed E-state index contributed by atoms with van der Waals surface area (Å²) in [5.41, 5.74) is 2.15. The van der Waals surface area contributed by atoms with Crippen LogP contribution in [0.4, 0.5) is 10.5 Å². The summed E-state index contributed by atoms with van der Waals surface area (Å²) in [6, 6.07) is 16.4. The lowest BCUT2D eigenvalue weighted by Crippen LogP contribution is -2.30. The highest BCUT2D eigenvalue weighted by molar-refractivity contribution is 5.89. The van der Waals surface area contributed by atoms with E-state index in [2.05, 4.69) is 11.4 Å². The molecule has 1 aliphatic rings. The van der Waals surface area contributed by atoms with Crippen LogP contribution in [0.25, 0.3) is 0 Å². The molecule has 1 N–H and O–H groups in total. The predicted octanol–water partition coefficient (Wildman–Crippen LogP) is 3.78. The molecule has 2 aromatic carbocycles. The number of rotatable bonds is 6. The molecular formula is C21H23N3O3. The van der Waals surface area contributed by atoms with Crippen LogP contribution in [0.1, 0.15) is 24.0 Å². The zero-order valence-electron chi connectivity index (χ0n) is 15.4. The van der Waals surface area contributed by atoms with Gasteiger partial charge in [-0.2, -0.15) is 5.26 Å². The fourth-order valence-corrected chi connectivity index (χ4v) is 2.93. The van der Waals surface area contributed by atoms with Crippen molar-refractivity contribution in [1.82, 2.24) is 4.90 Å². The minimum atomic E-state index is -0.228. The Morgan fingerprint density at radius 1 is 1.33 bits per heavy atom. The van der Waals surface area contributed by atoms with Crippen LogP contribution in [0.3, 0.4) is 0 Å². The summed E-state index contributed by atoms with van der Waals surface area (Å²) in [6.07, 6.45) is 2.25. The molecule has 3 rings (SSSR count). The lowest BCUT2D eigenvalue weighted by atomic mass is 10.1. The molecule has 27 heavy (non-hydrogen) atoms. The van der Waals surface area contributed by atoms with Gasteiger partial charge in [-0.15, -0.1) is 0 Å². The molecule has 1 saturated heterocycles. The molecule has 1 atom stereocenters. The van der Waals surface area contributed by atoms with Crippen LogP contribution in [0, 0.1) is 11.3 Å². The van der Waals surface area contributed by atoms with Gasteiger partial charge in [0.25, 0.3) is 0 Å². The second kappa shape index (κ2) is 9.06. The first-order chi connectivity index (χ1) is 13.1. The number of nitrogens with one attached hydrogen (secondary N) is 1. The van der Waals surface area contributed by atoms with Crippen molar-refractivity contribution in [3.8, 4) is 11.8 Å². The summed E-state index contributed by atoms with van der Waals surface area (Å²) in [5.74, 6) is 0.702. The third kappa shape index (κ3) is 5.47. The first kappa shape index (κ1) is 18.7. The van der Waals surface area contributed by atoms with Crippen molar-refractivity contribution in [1.29, 1.82) is 5.26 Å². The normalized spacial score (nSPS) is 15.8. The van der Waals surface area contributed by atoms with Gasteiger partial charge in [-0.05, 0) is 42.7 Å². The highest BCUT2D eigenvalue weighted by atomic mass is 16.5. The highest BCUT2D eigenvalue weighted by Crippen LogP contribution is 2.20. The van der Waals surface area contributed by atoms with Crippen LogP contribution in [-0.4, -0.2) is 37.3 Å². The van der Waals surface area contributed by atoms with Gasteiger partial charge in [0.2, 0.25) is 0 Å². The van der Waals surface area contributed by atoms with E-state index in [1.165, 1.54) is 0 Å². The monoisotopic (exact) mass is 365 g/mol. The van der Waals surface area contributed by atoms with Crippen LogP contribution in [0.5, 0.6) is 5.75 Å². The van der Waals surface area contributed by atoms with E-state index < -0.39 is 0 Å². The van der Waals surface area contributed by atoms with Gasteiger partial charge >= 0.3 is 6.03 Å². The Labute approximate surface area is 159 Å². The van der Waals surface area contributed by atoms with Crippen molar-refractivity contribution in [3.05, 3.63) is 59.7 Å². The number of hydrogen-bond acceptors (Lipinski definition) is 4. The van der Waals surface area contributed by atoms with Gasteiger partial charge < -0.3 is 19.7 Å². The molecule has 0 saturated carbocycles. The largest absolute Gasteiger partial charge is 0.491 e. The smallest absolute Gasteiger partial charge is 0.321 e. The van der Waals surface area contributed by atoms with Gasteiger partial charge in [-0.3, -0.25) is 0 Å². The summed E-state index contributed by atoms with van der Waals surface area (Å²) in [5, 5.41) is 11.8. The average Bonchev–Trinajstić information content (AvgIpc) is 3.20. The number of urea groups is 1. The zero-order chi connectivity index (χ0) is 19.1. The number of nitrogens with zero attached hydrogens (tertiary/aromatic N) is 2. The lowest BCUT2D eigenvalue weighted by Gasteiger charge is -2.18. The Kier molecular flexibility index (Phi) is 6.29. The maximum absolute atomic E-state index is 12.4. The minimum absolute atomic E-state index is 0.151. The first-order valence-corrected chi connectivity index (χ1v) is 8.99. The van der Waals surface area contributed by atoms with E-state index >= 15 is 0 Å². The van der Waals surface area contributed by atoms with E-state index in [9.17, 15) is 4.79 Å². The molecule has 0 bridgehead atoms. The Morgan fingerprint density at radius 3 is 2.96 bits per heavy atom. The summed E-state index contributed by atoms with van der Waals surface area (Å²) in [4.78, 5) is 14.0. The van der Waals surface area contributed by atoms with Crippen LogP contribution in [0.15, 0.2) is 48.5 Å². The molecule has 1 fully saturated rings. The molecule has 1 aliphatic heterocycles. The number of anilines is 1. The molecule has 6 nitrogen and oxygen atoms in total. The molecule has 140 valence electrons. The number of benzene rings is 2. The van der Waals surface area contributed by atoms with Crippen molar-refractivity contribution in [2.24, 2.45) is 0 Å². The van der Waals surface area contributed by atoms with E-state index in [0.29, 0.717) is 30.2 Å². The molecular weight excluding hydrogens is 342 g/mol. The molecule has 0 spiro atoms. The zero-order valence-corrected chi connectivity index (χ0v) is 15.4. The van der Waals surface area contributed by atoms with Crippen molar-refractivity contribution in [2.45, 2.75) is 25.5 Å². The van der Waals surface area contributed by atoms with Crippen LogP contribution < -0.4 is 10.1 Å². The average molecular weight is 365 g/mol. The lowest BCUT2D eigenvalue weighted by molar-refractivity contribution is 0.0680. The van der Waals surface area contributed by atoms with E-state index in [4.69, 9.17) is 14.7 Å². The number of amides is 2. The second-order valence-corrected chi connectivity index (χ2v) is 6.57. The van der Waals surface area contributed by atoms with E-state index in [-0.39, 0.29) is 12.1 Å². The predicted molar refractivity (Wildman–Crippen MR) is 103 cm³/mol. The molecule has 2 aromatic rings. The Morgan fingerprint density at radius 2 is 2.19 bits per heavy atom. The fourth-order valence-electron chi connectivity index (χ4n) is 2.93. The van der Waals surface area contributed by atoms with E-state index in [1.54, 1.807) is 30.1 Å². The summed E-state index contributed by atoms with van der Waals surface area (Å²) in [6.45, 7) is 1.73. The molecule has 1 unspecified atom stereocenters. The SMILES string of the molecule is CN(Cc1cccc(C#N)c1)C(=O)Nc1cccc(OCC2CCCO2)c1. The van der Waals surface area contributed by atoms with E-state index in [1.807, 2.05) is 30.3 Å². The number of ether oxygens (including phenoxy) is 2. The van der Waals surface area contributed by atoms with Crippen molar-refractivity contribution in [3.63, 3.8) is 0 Å². The highest BCUT2D eigenvalue weighted by Gasteiger charge is 2.16. The third-order valence-electron chi connectivity index (χ3n) is 4.37. The van der Waals surface area contributed by atoms with Gasteiger partial charge in [0.1, 0.15) is 12.4 Å². The van der Waals surface area contributed by atoms with Gasteiger partial charge in [0, 0.05) is 32.0 Å². The number of carbonyl (C=O) groups is 1. The van der Waals surface area contributed by atoms with Crippen LogP contribution in [-0.2, 0) is 11.3 Å². The Bertz CT molecular complexity index is 825. The summed E-state index contributed by atoms with van der Waals surface area (Å²) in [7, 11) is 1.71. The molecule has 0 radical (unpaired) electrons. The number of nitriles is 1. The molecule has 2 amide bonds. The van der Waals surface area contributed by atoms with Crippen LogP contribution in [0.2, 0.25) is 0 Å². The maximum atomic E-state index is 12.4. The standard InChI is InChI=1S/C21H23N3O3/c1-24(14-17-6-2-5-16(11-17)13-22)21(25)23-18-7-3-8-19(12-18)27-15-20-9-4-10-26-20/h2-3,5-8,11-12,20H,4,9-10,14-15H2,1H3,(H,23,25). The first-order valence-electron chi connectivity index (χ1n) is 8.99. The van der Waals surface area contributed by atoms with Crippen molar-refractivity contribution in [2.75, 3.05) is 25.6 Å². The number of hydrogen-bond donors (Lipinski definition) is 1. The minimum Gasteiger partial charge on any atom is -0.491 e. The fraction of sp³-hybridized carbons (Fsp3) is 0.333. The van der Waals surface area contributed by atoms with Crippen molar-refractivity contribution >= 4 is 11.7 Å². The molecule has 0 aliphatic carbocycles. The quantitative estimate of drug-likeness (QED) is 0.845. The third-order valence-corrected chi connectivity index (χ3v) is 4.37. The summed E-state index contributed by atoms with van der Waals surface area (Å²) >= 11 is 0. The second-order valence-electron chi connectivity index (χ2n) is 6.57. The number of carbonyl (C=O) groups excluding carboxylic acids is 1. The molecule has 1 heterocycles. The molecule has 0 aromatic heterocycles. The Balaban J connectivity index is 1.54. The maximum Gasteiger partial charge on any atom is 0.321 e. The topological polar surface area (TPSA) is 74.6 Å². The Hall–Kier alpha value is -3.04. The van der Waals surface area contributed by atoms with Gasteiger partial charge in [0.05, 0.1) is 17.7 Å². The van der Waals surface area contributed by atoms with Gasteiger partial charge in [0.15, 0.2) is 0 Å². The van der Waals surface area contributed by atoms with Crippen molar-refractivity contribution < 1.29 is 14.3 Å². The molecule has 6 heteroatoms. The van der Waals surface area contributed by atoms with E-state index in [0.717, 1.165) is 25.0 Å². The summed E-state index contributed by atoms with van der Waals surface area (Å²) < 4.78 is 11.3. The van der Waals surface area contributed by atoms with Crippen LogP contribution >= 0.6 is 0 Å².